The van der Waals surface area contributed by atoms with E-state index in [0.29, 0.717) is 4.90 Å². The molecule has 1 aliphatic heterocycles. The predicted octanol–water partition coefficient (Wildman–Crippen LogP) is 0.342. The summed E-state index contributed by atoms with van der Waals surface area (Å²) in [7, 11) is -0.230. The first-order valence-corrected chi connectivity index (χ1v) is 7.89. The van der Waals surface area contributed by atoms with Crippen molar-refractivity contribution in [2.24, 2.45) is 0 Å². The number of sulfonamides is 1. The Bertz CT molecular complexity index is 522. The zero-order valence-corrected chi connectivity index (χ0v) is 12.3. The molecule has 1 heterocycles. The summed E-state index contributed by atoms with van der Waals surface area (Å²) in [4.78, 5) is 2.70. The van der Waals surface area contributed by atoms with Crippen molar-refractivity contribution < 1.29 is 8.42 Å². The van der Waals surface area contributed by atoms with Crippen LogP contribution in [0.2, 0.25) is 0 Å². The van der Waals surface area contributed by atoms with Gasteiger partial charge in [0.1, 0.15) is 0 Å². The summed E-state index contributed by atoms with van der Waals surface area (Å²) in [6.07, 6.45) is 0. The lowest BCUT2D eigenvalue weighted by molar-refractivity contribution is 0.233. The average molecular weight is 283 g/mol. The number of rotatable bonds is 4. The fraction of sp³-hybridized carbons (Fsp3) is 0.538. The molecule has 0 saturated carbocycles. The molecular weight excluding hydrogens is 262 g/mol. The van der Waals surface area contributed by atoms with E-state index in [-0.39, 0.29) is 0 Å². The van der Waals surface area contributed by atoms with Crippen LogP contribution in [0.3, 0.4) is 0 Å². The van der Waals surface area contributed by atoms with E-state index in [1.807, 2.05) is 12.1 Å². The molecule has 0 radical (unpaired) electrons. The van der Waals surface area contributed by atoms with E-state index >= 15 is 0 Å². The van der Waals surface area contributed by atoms with Gasteiger partial charge >= 0.3 is 0 Å². The first-order valence-electron chi connectivity index (χ1n) is 6.45. The number of hydrogen-bond acceptors (Lipinski definition) is 4. The van der Waals surface area contributed by atoms with Crippen LogP contribution in [0.5, 0.6) is 0 Å². The molecule has 19 heavy (non-hydrogen) atoms. The molecule has 0 aromatic heterocycles. The summed E-state index contributed by atoms with van der Waals surface area (Å²) in [6, 6.07) is 7.22. The minimum Gasteiger partial charge on any atom is -0.314 e. The third-order valence-corrected chi connectivity index (χ3v) is 5.10. The van der Waals surface area contributed by atoms with Crippen molar-refractivity contribution in [1.82, 2.24) is 14.5 Å². The Labute approximate surface area is 115 Å². The molecule has 1 fully saturated rings. The van der Waals surface area contributed by atoms with Crippen molar-refractivity contribution in [1.29, 1.82) is 0 Å². The van der Waals surface area contributed by atoms with Crippen molar-refractivity contribution in [2.45, 2.75) is 11.4 Å². The van der Waals surface area contributed by atoms with Gasteiger partial charge in [0, 0.05) is 46.8 Å². The quantitative estimate of drug-likeness (QED) is 0.866. The topological polar surface area (TPSA) is 52.7 Å². The summed E-state index contributed by atoms with van der Waals surface area (Å²) >= 11 is 0. The van der Waals surface area contributed by atoms with Gasteiger partial charge in [0.2, 0.25) is 10.0 Å². The van der Waals surface area contributed by atoms with Crippen LogP contribution in [0.1, 0.15) is 5.56 Å². The average Bonchev–Trinajstić information content (AvgIpc) is 2.40. The summed E-state index contributed by atoms with van der Waals surface area (Å²) < 4.78 is 25.4. The predicted molar refractivity (Wildman–Crippen MR) is 75.5 cm³/mol. The first-order chi connectivity index (χ1) is 9.00. The van der Waals surface area contributed by atoms with Crippen LogP contribution in [0.15, 0.2) is 29.2 Å². The van der Waals surface area contributed by atoms with Crippen LogP contribution in [0.25, 0.3) is 0 Å². The van der Waals surface area contributed by atoms with Gasteiger partial charge in [0.05, 0.1) is 4.90 Å². The third-order valence-electron chi connectivity index (χ3n) is 3.29. The molecule has 2 rings (SSSR count). The van der Waals surface area contributed by atoms with E-state index in [4.69, 9.17) is 0 Å². The first kappa shape index (κ1) is 14.5. The van der Waals surface area contributed by atoms with Crippen molar-refractivity contribution >= 4 is 10.0 Å². The Hall–Kier alpha value is -0.950. The summed E-state index contributed by atoms with van der Waals surface area (Å²) in [6.45, 7) is 4.80. The van der Waals surface area contributed by atoms with E-state index in [1.165, 1.54) is 4.31 Å². The van der Waals surface area contributed by atoms with Gasteiger partial charge in [-0.05, 0) is 17.7 Å². The van der Waals surface area contributed by atoms with Crippen LogP contribution >= 0.6 is 0 Å². The normalized spacial score (nSPS) is 17.8. The minimum atomic E-state index is -3.34. The molecule has 5 nitrogen and oxygen atoms in total. The second-order valence-corrected chi connectivity index (χ2v) is 7.11. The van der Waals surface area contributed by atoms with Crippen molar-refractivity contribution in [3.8, 4) is 0 Å². The lowest BCUT2D eigenvalue weighted by atomic mass is 10.2. The largest absolute Gasteiger partial charge is 0.314 e. The Balaban J connectivity index is 2.15. The molecule has 0 spiro atoms. The van der Waals surface area contributed by atoms with Gasteiger partial charge in [-0.25, -0.2) is 12.7 Å². The molecule has 0 amide bonds. The maximum atomic E-state index is 12.1. The van der Waals surface area contributed by atoms with E-state index in [1.54, 1.807) is 26.2 Å². The molecule has 0 aliphatic carbocycles. The van der Waals surface area contributed by atoms with Gasteiger partial charge in [-0.1, -0.05) is 12.1 Å². The smallest absolute Gasteiger partial charge is 0.242 e. The monoisotopic (exact) mass is 283 g/mol. The highest BCUT2D eigenvalue weighted by molar-refractivity contribution is 7.89. The van der Waals surface area contributed by atoms with Gasteiger partial charge in [0.25, 0.3) is 0 Å². The highest BCUT2D eigenvalue weighted by Gasteiger charge is 2.18. The van der Waals surface area contributed by atoms with Gasteiger partial charge in [-0.3, -0.25) is 4.90 Å². The molecule has 1 aliphatic rings. The second-order valence-electron chi connectivity index (χ2n) is 4.96. The van der Waals surface area contributed by atoms with Crippen molar-refractivity contribution in [3.63, 3.8) is 0 Å². The van der Waals surface area contributed by atoms with Gasteiger partial charge in [0.15, 0.2) is 0 Å². The van der Waals surface area contributed by atoms with Crippen molar-refractivity contribution in [3.05, 3.63) is 29.8 Å². The molecular formula is C13H21N3O2S. The van der Waals surface area contributed by atoms with Crippen LogP contribution in [0.4, 0.5) is 0 Å². The number of piperazine rings is 1. The molecule has 106 valence electrons. The highest BCUT2D eigenvalue weighted by Crippen LogP contribution is 2.16. The fourth-order valence-electron chi connectivity index (χ4n) is 2.14. The van der Waals surface area contributed by atoms with Gasteiger partial charge < -0.3 is 5.32 Å². The molecule has 6 heteroatoms. The third kappa shape index (κ3) is 3.54. The van der Waals surface area contributed by atoms with Gasteiger partial charge in [-0.2, -0.15) is 0 Å². The van der Waals surface area contributed by atoms with Crippen LogP contribution in [0, 0.1) is 0 Å². The van der Waals surface area contributed by atoms with E-state index < -0.39 is 10.0 Å². The fourth-order valence-corrected chi connectivity index (χ4v) is 3.12. The molecule has 1 aromatic rings. The van der Waals surface area contributed by atoms with Crippen LogP contribution in [-0.4, -0.2) is 57.9 Å². The number of hydrogen-bond donors (Lipinski definition) is 1. The zero-order valence-electron chi connectivity index (χ0n) is 11.5. The van der Waals surface area contributed by atoms with E-state index in [0.717, 1.165) is 38.3 Å². The van der Waals surface area contributed by atoms with Crippen LogP contribution < -0.4 is 5.32 Å². The standard InChI is InChI=1S/C13H21N3O2S/c1-15(2)19(17,18)13-5-3-4-12(10-13)11-16-8-6-14-7-9-16/h3-5,10,14H,6-9,11H2,1-2H3. The maximum Gasteiger partial charge on any atom is 0.242 e. The number of nitrogens with one attached hydrogen (secondary N) is 1. The highest BCUT2D eigenvalue weighted by atomic mass is 32.2. The number of nitrogens with zero attached hydrogens (tertiary/aromatic N) is 2. The lowest BCUT2D eigenvalue weighted by Gasteiger charge is -2.27. The molecule has 0 bridgehead atoms. The zero-order chi connectivity index (χ0) is 13.9. The Kier molecular flexibility index (Phi) is 4.57. The molecule has 1 N–H and O–H groups in total. The summed E-state index contributed by atoms with van der Waals surface area (Å²) in [5.41, 5.74) is 1.05. The minimum absolute atomic E-state index is 0.366. The maximum absolute atomic E-state index is 12.1. The summed E-state index contributed by atoms with van der Waals surface area (Å²) in [5.74, 6) is 0. The van der Waals surface area contributed by atoms with E-state index in [9.17, 15) is 8.42 Å². The Morgan fingerprint density at radius 1 is 1.26 bits per heavy atom. The SMILES string of the molecule is CN(C)S(=O)(=O)c1cccc(CN2CCNCC2)c1. The molecule has 0 atom stereocenters. The second kappa shape index (κ2) is 6.00. The molecule has 0 unspecified atom stereocenters. The van der Waals surface area contributed by atoms with E-state index in [2.05, 4.69) is 10.2 Å². The Morgan fingerprint density at radius 3 is 2.58 bits per heavy atom. The summed E-state index contributed by atoms with van der Waals surface area (Å²) in [5, 5.41) is 3.31. The Morgan fingerprint density at radius 2 is 1.95 bits per heavy atom. The van der Waals surface area contributed by atoms with Crippen LogP contribution in [-0.2, 0) is 16.6 Å². The van der Waals surface area contributed by atoms with Gasteiger partial charge in [-0.15, -0.1) is 0 Å². The lowest BCUT2D eigenvalue weighted by Crippen LogP contribution is -2.42. The van der Waals surface area contributed by atoms with Crippen molar-refractivity contribution in [2.75, 3.05) is 40.3 Å². The number of benzene rings is 1. The molecule has 1 aromatic carbocycles. The molecule has 1 saturated heterocycles.